The maximum atomic E-state index is 11.9. The minimum absolute atomic E-state index is 0.0499. The van der Waals surface area contributed by atoms with Crippen LogP contribution in [0.3, 0.4) is 0 Å². The Labute approximate surface area is 121 Å². The van der Waals surface area contributed by atoms with E-state index in [2.05, 4.69) is 10.2 Å². The summed E-state index contributed by atoms with van der Waals surface area (Å²) in [5.41, 5.74) is 0.434. The van der Waals surface area contributed by atoms with Gasteiger partial charge in [-0.1, -0.05) is 6.92 Å². The maximum absolute atomic E-state index is 11.9. The molecule has 0 bridgehead atoms. The van der Waals surface area contributed by atoms with Crippen molar-refractivity contribution in [1.82, 2.24) is 5.32 Å². The third-order valence-electron chi connectivity index (χ3n) is 2.75. The van der Waals surface area contributed by atoms with Crippen LogP contribution in [-0.4, -0.2) is 30.8 Å². The monoisotopic (exact) mass is 296 g/mol. The van der Waals surface area contributed by atoms with Gasteiger partial charge in [-0.15, -0.1) is 10.1 Å². The highest BCUT2D eigenvalue weighted by atomic mass is 16.9. The molecule has 0 aromatic heterocycles. The van der Waals surface area contributed by atoms with Crippen molar-refractivity contribution < 1.29 is 24.2 Å². The summed E-state index contributed by atoms with van der Waals surface area (Å²) in [5.74, 6) is 1.49. The van der Waals surface area contributed by atoms with Gasteiger partial charge in [0.05, 0.1) is 18.8 Å². The van der Waals surface area contributed by atoms with E-state index in [1.54, 1.807) is 12.1 Å². The number of amides is 1. The summed E-state index contributed by atoms with van der Waals surface area (Å²) in [6.45, 7) is 2.84. The minimum Gasteiger partial charge on any atom is -0.490 e. The van der Waals surface area contributed by atoms with Crippen LogP contribution < -0.4 is 14.8 Å². The number of rotatable bonds is 9. The molecule has 8 heteroatoms. The Morgan fingerprint density at radius 1 is 1.38 bits per heavy atom. The van der Waals surface area contributed by atoms with Gasteiger partial charge < -0.3 is 19.6 Å². The quantitative estimate of drug-likeness (QED) is 0.328. The molecule has 0 atom stereocenters. The number of nitrogens with zero attached hydrogens (tertiary/aromatic N) is 1. The van der Waals surface area contributed by atoms with Gasteiger partial charge in [-0.2, -0.15) is 0 Å². The zero-order valence-corrected chi connectivity index (χ0v) is 11.6. The second-order valence-corrected chi connectivity index (χ2v) is 4.39. The molecule has 1 amide bonds. The lowest BCUT2D eigenvalue weighted by atomic mass is 10.2. The van der Waals surface area contributed by atoms with Crippen molar-refractivity contribution in [2.45, 2.75) is 19.8 Å². The van der Waals surface area contributed by atoms with E-state index >= 15 is 0 Å². The van der Waals surface area contributed by atoms with E-state index in [9.17, 15) is 14.9 Å². The fourth-order valence-electron chi connectivity index (χ4n) is 1.74. The maximum Gasteiger partial charge on any atom is 0.294 e. The fourth-order valence-corrected chi connectivity index (χ4v) is 1.74. The summed E-state index contributed by atoms with van der Waals surface area (Å²) < 4.78 is 10.7. The van der Waals surface area contributed by atoms with Crippen LogP contribution in [0, 0.1) is 10.1 Å². The van der Waals surface area contributed by atoms with Crippen LogP contribution in [0.2, 0.25) is 0 Å². The normalized spacial score (nSPS) is 11.1. The molecule has 1 aromatic carbocycles. The summed E-state index contributed by atoms with van der Waals surface area (Å²) in [4.78, 5) is 26.0. The van der Waals surface area contributed by atoms with Crippen molar-refractivity contribution >= 4 is 5.91 Å². The Kier molecular flexibility index (Phi) is 4.81. The molecule has 2 rings (SSSR count). The third-order valence-corrected chi connectivity index (χ3v) is 2.75. The Morgan fingerprint density at radius 2 is 2.19 bits per heavy atom. The summed E-state index contributed by atoms with van der Waals surface area (Å²) >= 11 is 0. The van der Waals surface area contributed by atoms with Crippen LogP contribution in [0.5, 0.6) is 17.2 Å². The summed E-state index contributed by atoms with van der Waals surface area (Å²) in [5, 5.41) is 11.7. The number of hydrogen-bond acceptors (Lipinski definition) is 6. The van der Waals surface area contributed by atoms with E-state index < -0.39 is 5.09 Å². The standard InChI is InChI=1S/C13H16N2O6/c1-2-7-19-10-5-4-9(11-12(10)21-11)13(16)14-6-3-8-20-15(17)18/h4-5H,2-3,6-8H2,1H3,(H,14,16). The van der Waals surface area contributed by atoms with Crippen molar-refractivity contribution in [3.63, 3.8) is 0 Å². The number of carbonyl (C=O) groups is 1. The lowest BCUT2D eigenvalue weighted by Gasteiger charge is -2.04. The van der Waals surface area contributed by atoms with Gasteiger partial charge in [-0.3, -0.25) is 4.79 Å². The molecule has 1 aliphatic rings. The molecular weight excluding hydrogens is 280 g/mol. The Bertz CT molecular complexity index is 546. The second kappa shape index (κ2) is 6.78. The lowest BCUT2D eigenvalue weighted by molar-refractivity contribution is -0.757. The van der Waals surface area contributed by atoms with Crippen molar-refractivity contribution in [3.8, 4) is 17.2 Å². The van der Waals surface area contributed by atoms with Crippen LogP contribution in [-0.2, 0) is 4.84 Å². The molecule has 0 spiro atoms. The number of carbonyl (C=O) groups excluding carboxylic acids is 1. The zero-order chi connectivity index (χ0) is 15.2. The molecule has 8 nitrogen and oxygen atoms in total. The van der Waals surface area contributed by atoms with E-state index in [1.807, 2.05) is 6.92 Å². The first-order valence-corrected chi connectivity index (χ1v) is 6.66. The summed E-state index contributed by atoms with van der Waals surface area (Å²) in [7, 11) is 0. The van der Waals surface area contributed by atoms with Crippen molar-refractivity contribution in [3.05, 3.63) is 27.8 Å². The van der Waals surface area contributed by atoms with E-state index in [1.165, 1.54) is 0 Å². The van der Waals surface area contributed by atoms with Gasteiger partial charge >= 0.3 is 0 Å². The van der Waals surface area contributed by atoms with E-state index in [4.69, 9.17) is 9.47 Å². The topological polar surface area (TPSA) is 103 Å². The van der Waals surface area contributed by atoms with Crippen LogP contribution in [0.1, 0.15) is 30.1 Å². The number of fused-ring (bicyclic) bond motifs is 1. The summed E-state index contributed by atoms with van der Waals surface area (Å²) in [6, 6.07) is 3.34. The molecule has 0 saturated carbocycles. The molecule has 21 heavy (non-hydrogen) atoms. The first kappa shape index (κ1) is 14.9. The number of benzene rings is 1. The molecule has 1 N–H and O–H groups in total. The molecule has 114 valence electrons. The molecule has 0 unspecified atom stereocenters. The van der Waals surface area contributed by atoms with Crippen molar-refractivity contribution in [2.24, 2.45) is 0 Å². The molecule has 1 heterocycles. The predicted octanol–water partition coefficient (Wildman–Crippen LogP) is 1.91. The molecular formula is C13H16N2O6. The van der Waals surface area contributed by atoms with E-state index in [0.717, 1.165) is 6.42 Å². The van der Waals surface area contributed by atoms with Gasteiger partial charge in [0.1, 0.15) is 0 Å². The third kappa shape index (κ3) is 3.98. The number of ether oxygens (including phenoxy) is 2. The Morgan fingerprint density at radius 3 is 2.90 bits per heavy atom. The summed E-state index contributed by atoms with van der Waals surface area (Å²) in [6.07, 6.45) is 1.25. The minimum atomic E-state index is -0.858. The van der Waals surface area contributed by atoms with Crippen LogP contribution in [0.4, 0.5) is 0 Å². The molecule has 0 radical (unpaired) electrons. The van der Waals surface area contributed by atoms with Gasteiger partial charge in [0.25, 0.3) is 11.0 Å². The van der Waals surface area contributed by atoms with Crippen LogP contribution in [0.25, 0.3) is 0 Å². The van der Waals surface area contributed by atoms with Crippen molar-refractivity contribution in [2.75, 3.05) is 19.8 Å². The largest absolute Gasteiger partial charge is 0.490 e. The molecule has 1 aliphatic heterocycles. The number of hydrogen-bond donors (Lipinski definition) is 1. The first-order chi connectivity index (χ1) is 10.1. The van der Waals surface area contributed by atoms with E-state index in [0.29, 0.717) is 35.8 Å². The number of nitrogens with one attached hydrogen (secondary N) is 1. The SMILES string of the molecule is CCCOc1ccc(C(=O)NCCCO[N+](=O)[O-])c2c1O2. The van der Waals surface area contributed by atoms with Gasteiger partial charge in [-0.25, -0.2) is 0 Å². The molecule has 1 aromatic rings. The van der Waals surface area contributed by atoms with Gasteiger partial charge in [-0.05, 0) is 25.0 Å². The Balaban J connectivity index is 1.80. The average Bonchev–Trinajstić information content (AvgIpc) is 3.24. The van der Waals surface area contributed by atoms with E-state index in [-0.39, 0.29) is 19.1 Å². The van der Waals surface area contributed by atoms with Crippen LogP contribution in [0.15, 0.2) is 12.1 Å². The van der Waals surface area contributed by atoms with Gasteiger partial charge in [0.2, 0.25) is 5.75 Å². The Hall–Kier alpha value is -2.51. The molecule has 0 fully saturated rings. The lowest BCUT2D eigenvalue weighted by Crippen LogP contribution is -2.25. The van der Waals surface area contributed by atoms with Crippen LogP contribution >= 0.6 is 0 Å². The highest BCUT2D eigenvalue weighted by Crippen LogP contribution is 2.54. The second-order valence-electron chi connectivity index (χ2n) is 4.39. The molecule has 0 saturated heterocycles. The molecule has 0 aliphatic carbocycles. The average molecular weight is 296 g/mol. The van der Waals surface area contributed by atoms with Crippen molar-refractivity contribution in [1.29, 1.82) is 0 Å². The first-order valence-electron chi connectivity index (χ1n) is 6.66. The fraction of sp³-hybridized carbons (Fsp3) is 0.462. The zero-order valence-electron chi connectivity index (χ0n) is 11.6. The smallest absolute Gasteiger partial charge is 0.294 e. The highest BCUT2D eigenvalue weighted by molar-refractivity contribution is 6.00. The van der Waals surface area contributed by atoms with Gasteiger partial charge in [0, 0.05) is 6.54 Å². The highest BCUT2D eigenvalue weighted by Gasteiger charge is 2.32. The van der Waals surface area contributed by atoms with Gasteiger partial charge in [0.15, 0.2) is 11.5 Å². The predicted molar refractivity (Wildman–Crippen MR) is 72.2 cm³/mol.